The zero-order valence-corrected chi connectivity index (χ0v) is 9.68. The monoisotopic (exact) mass is 231 g/mol. The molecule has 1 rings (SSSR count). The molecule has 0 radical (unpaired) electrons. The first-order valence-corrected chi connectivity index (χ1v) is 6.75. The summed E-state index contributed by atoms with van der Waals surface area (Å²) in [4.78, 5) is 6.93. The summed E-state index contributed by atoms with van der Waals surface area (Å²) < 4.78 is 25.3. The van der Waals surface area contributed by atoms with Gasteiger partial charge >= 0.3 is 0 Å². The number of rotatable bonds is 7. The summed E-state index contributed by atoms with van der Waals surface area (Å²) in [7, 11) is -3.09. The van der Waals surface area contributed by atoms with Crippen LogP contribution in [0.3, 0.4) is 0 Å². The Kier molecular flexibility index (Phi) is 4.77. The molecular weight excluding hydrogens is 214 g/mol. The SMILES string of the molecule is CCCCS(=O)(=O)NCCc1ncc[nH]1. The van der Waals surface area contributed by atoms with E-state index >= 15 is 0 Å². The summed E-state index contributed by atoms with van der Waals surface area (Å²) in [5.41, 5.74) is 0. The standard InChI is InChI=1S/C9H17N3O2S/c1-2-3-8-15(13,14)12-5-4-9-10-6-7-11-9/h6-7,12H,2-5,8H2,1H3,(H,10,11). The van der Waals surface area contributed by atoms with Crippen LogP contribution in [0.4, 0.5) is 0 Å². The van der Waals surface area contributed by atoms with E-state index in [2.05, 4.69) is 14.7 Å². The van der Waals surface area contributed by atoms with E-state index in [1.807, 2.05) is 6.92 Å². The van der Waals surface area contributed by atoms with Gasteiger partial charge in [-0.05, 0) is 6.42 Å². The van der Waals surface area contributed by atoms with E-state index in [0.29, 0.717) is 19.4 Å². The molecule has 1 aromatic rings. The molecule has 0 bridgehead atoms. The number of hydrogen-bond acceptors (Lipinski definition) is 3. The van der Waals surface area contributed by atoms with Gasteiger partial charge in [-0.15, -0.1) is 0 Å². The highest BCUT2D eigenvalue weighted by Gasteiger charge is 2.08. The smallest absolute Gasteiger partial charge is 0.211 e. The van der Waals surface area contributed by atoms with E-state index in [9.17, 15) is 8.42 Å². The molecule has 5 nitrogen and oxygen atoms in total. The lowest BCUT2D eigenvalue weighted by molar-refractivity contribution is 0.577. The normalized spacial score (nSPS) is 11.8. The Labute approximate surface area is 90.4 Å². The third-order valence-electron chi connectivity index (χ3n) is 2.01. The van der Waals surface area contributed by atoms with Gasteiger partial charge < -0.3 is 4.98 Å². The van der Waals surface area contributed by atoms with Crippen molar-refractivity contribution >= 4 is 10.0 Å². The van der Waals surface area contributed by atoms with Gasteiger partial charge in [0.15, 0.2) is 0 Å². The number of unbranched alkanes of at least 4 members (excludes halogenated alkanes) is 1. The fourth-order valence-corrected chi connectivity index (χ4v) is 2.39. The van der Waals surface area contributed by atoms with Crippen LogP contribution in [0.5, 0.6) is 0 Å². The van der Waals surface area contributed by atoms with Crippen molar-refractivity contribution < 1.29 is 8.42 Å². The minimum Gasteiger partial charge on any atom is -0.349 e. The summed E-state index contributed by atoms with van der Waals surface area (Å²) >= 11 is 0. The first-order chi connectivity index (χ1) is 7.14. The quantitative estimate of drug-likeness (QED) is 0.724. The number of nitrogens with one attached hydrogen (secondary N) is 2. The highest BCUT2D eigenvalue weighted by atomic mass is 32.2. The lowest BCUT2D eigenvalue weighted by Crippen LogP contribution is -2.28. The molecule has 86 valence electrons. The molecule has 0 unspecified atom stereocenters. The highest BCUT2D eigenvalue weighted by molar-refractivity contribution is 7.89. The average molecular weight is 231 g/mol. The molecule has 2 N–H and O–H groups in total. The number of aromatic amines is 1. The van der Waals surface area contributed by atoms with Crippen LogP contribution in [-0.2, 0) is 16.4 Å². The van der Waals surface area contributed by atoms with Crippen LogP contribution in [0.2, 0.25) is 0 Å². The van der Waals surface area contributed by atoms with Crippen molar-refractivity contribution in [1.82, 2.24) is 14.7 Å². The second-order valence-electron chi connectivity index (χ2n) is 3.35. The molecule has 0 aliphatic heterocycles. The maximum Gasteiger partial charge on any atom is 0.211 e. The Morgan fingerprint density at radius 1 is 1.53 bits per heavy atom. The van der Waals surface area contributed by atoms with E-state index < -0.39 is 10.0 Å². The molecule has 0 aliphatic rings. The third-order valence-corrected chi connectivity index (χ3v) is 3.48. The number of sulfonamides is 1. The van der Waals surface area contributed by atoms with Crippen LogP contribution < -0.4 is 4.72 Å². The van der Waals surface area contributed by atoms with E-state index in [-0.39, 0.29) is 5.75 Å². The second kappa shape index (κ2) is 5.87. The van der Waals surface area contributed by atoms with Crippen molar-refractivity contribution in [2.24, 2.45) is 0 Å². The fourth-order valence-electron chi connectivity index (χ4n) is 1.17. The van der Waals surface area contributed by atoms with E-state index in [4.69, 9.17) is 0 Å². The second-order valence-corrected chi connectivity index (χ2v) is 5.28. The molecule has 6 heteroatoms. The van der Waals surface area contributed by atoms with Crippen molar-refractivity contribution in [2.45, 2.75) is 26.2 Å². The van der Waals surface area contributed by atoms with Crippen LogP contribution in [0.1, 0.15) is 25.6 Å². The van der Waals surface area contributed by atoms with E-state index in [0.717, 1.165) is 12.2 Å². The predicted octanol–water partition coefficient (Wildman–Crippen LogP) is 0.672. The molecule has 0 atom stereocenters. The molecule has 0 saturated carbocycles. The molecule has 0 saturated heterocycles. The molecule has 1 heterocycles. The zero-order valence-electron chi connectivity index (χ0n) is 8.86. The number of H-pyrrole nitrogens is 1. The van der Waals surface area contributed by atoms with Crippen molar-refractivity contribution in [2.75, 3.05) is 12.3 Å². The van der Waals surface area contributed by atoms with Crippen molar-refractivity contribution in [1.29, 1.82) is 0 Å². The summed E-state index contributed by atoms with van der Waals surface area (Å²) in [6.45, 7) is 2.37. The van der Waals surface area contributed by atoms with Gasteiger partial charge in [0.05, 0.1) is 5.75 Å². The molecule has 15 heavy (non-hydrogen) atoms. The molecular formula is C9H17N3O2S. The maximum absolute atomic E-state index is 11.4. The van der Waals surface area contributed by atoms with Crippen LogP contribution in [0.15, 0.2) is 12.4 Å². The Balaban J connectivity index is 2.24. The largest absolute Gasteiger partial charge is 0.349 e. The molecule has 0 fully saturated rings. The number of aromatic nitrogens is 2. The molecule has 1 aromatic heterocycles. The van der Waals surface area contributed by atoms with Crippen molar-refractivity contribution in [3.05, 3.63) is 18.2 Å². The van der Waals surface area contributed by atoms with Crippen LogP contribution in [-0.4, -0.2) is 30.7 Å². The minimum atomic E-state index is -3.09. The van der Waals surface area contributed by atoms with Crippen LogP contribution in [0.25, 0.3) is 0 Å². The lowest BCUT2D eigenvalue weighted by Gasteiger charge is -2.04. The molecule has 0 aromatic carbocycles. The zero-order chi connectivity index (χ0) is 11.1. The first kappa shape index (κ1) is 12.2. The van der Waals surface area contributed by atoms with E-state index in [1.54, 1.807) is 12.4 Å². The van der Waals surface area contributed by atoms with Gasteiger partial charge in [-0.2, -0.15) is 0 Å². The van der Waals surface area contributed by atoms with Gasteiger partial charge in [0.2, 0.25) is 10.0 Å². The molecule has 0 aliphatic carbocycles. The summed E-state index contributed by atoms with van der Waals surface area (Å²) in [6, 6.07) is 0. The number of nitrogens with zero attached hydrogens (tertiary/aromatic N) is 1. The lowest BCUT2D eigenvalue weighted by atomic mass is 10.4. The van der Waals surface area contributed by atoms with Crippen molar-refractivity contribution in [3.8, 4) is 0 Å². The number of hydrogen-bond donors (Lipinski definition) is 2. The summed E-state index contributed by atoms with van der Waals surface area (Å²) in [6.07, 6.45) is 5.56. The Morgan fingerprint density at radius 3 is 2.93 bits per heavy atom. The van der Waals surface area contributed by atoms with Gasteiger partial charge in [-0.1, -0.05) is 13.3 Å². The van der Waals surface area contributed by atoms with E-state index in [1.165, 1.54) is 0 Å². The topological polar surface area (TPSA) is 74.8 Å². The molecule has 0 spiro atoms. The summed E-state index contributed by atoms with van der Waals surface area (Å²) in [5, 5.41) is 0. The summed E-state index contributed by atoms with van der Waals surface area (Å²) in [5.74, 6) is 1.01. The maximum atomic E-state index is 11.4. The van der Waals surface area contributed by atoms with Gasteiger partial charge in [-0.25, -0.2) is 18.1 Å². The highest BCUT2D eigenvalue weighted by Crippen LogP contribution is 1.94. The van der Waals surface area contributed by atoms with Gasteiger partial charge in [0.1, 0.15) is 5.82 Å². The first-order valence-electron chi connectivity index (χ1n) is 5.09. The number of imidazole rings is 1. The van der Waals surface area contributed by atoms with Crippen molar-refractivity contribution in [3.63, 3.8) is 0 Å². The minimum absolute atomic E-state index is 0.210. The third kappa shape index (κ3) is 4.94. The van der Waals surface area contributed by atoms with Crippen LogP contribution in [0, 0.1) is 0 Å². The van der Waals surface area contributed by atoms with Gasteiger partial charge in [0.25, 0.3) is 0 Å². The average Bonchev–Trinajstić information content (AvgIpc) is 2.67. The van der Waals surface area contributed by atoms with Crippen LogP contribution >= 0.6 is 0 Å². The predicted molar refractivity (Wildman–Crippen MR) is 59.0 cm³/mol. The van der Waals surface area contributed by atoms with Gasteiger partial charge in [0, 0.05) is 25.4 Å². The fraction of sp³-hybridized carbons (Fsp3) is 0.667. The Morgan fingerprint density at radius 2 is 2.33 bits per heavy atom. The Bertz CT molecular complexity index is 359. The van der Waals surface area contributed by atoms with Gasteiger partial charge in [-0.3, -0.25) is 0 Å². The Hall–Kier alpha value is -0.880. The molecule has 0 amide bonds.